The predicted octanol–water partition coefficient (Wildman–Crippen LogP) is 1.24. The summed E-state index contributed by atoms with van der Waals surface area (Å²) in [6.07, 6.45) is 0. The van der Waals surface area contributed by atoms with Gasteiger partial charge in [0.1, 0.15) is 0 Å². The number of hydrogen-bond acceptors (Lipinski definition) is 1. The maximum Gasteiger partial charge on any atom is 0.0933 e. The van der Waals surface area contributed by atoms with E-state index in [-0.39, 0.29) is 0 Å². The van der Waals surface area contributed by atoms with Crippen molar-refractivity contribution in [2.75, 3.05) is 0 Å². The third-order valence-corrected chi connectivity index (χ3v) is 0.0847. The van der Waals surface area contributed by atoms with Gasteiger partial charge in [-0.2, -0.15) is 4.91 Å². The average molecular weight is 71.0 g/mol. The van der Waals surface area contributed by atoms with Crippen molar-refractivity contribution >= 4 is 0 Å². The second kappa shape index (κ2) is 2.91. The molecule has 0 saturated carbocycles. The topological polar surface area (TPSA) is 85.0 Å². The Labute approximate surface area is 27.7 Å². The van der Waals surface area contributed by atoms with E-state index in [1.807, 2.05) is 0 Å². The van der Waals surface area contributed by atoms with Crippen molar-refractivity contribution in [1.29, 1.82) is 5.53 Å². The average Bonchev–Trinajstić information content (AvgIpc) is 1.41. The normalized spacial score (nSPS) is 4.80. The van der Waals surface area contributed by atoms with Crippen molar-refractivity contribution in [2.24, 2.45) is 10.4 Å². The van der Waals surface area contributed by atoms with Gasteiger partial charge >= 0.3 is 0 Å². The minimum absolute atomic E-state index is 2.12. The van der Waals surface area contributed by atoms with Gasteiger partial charge in [-0.25, -0.2) is 0 Å². The second-order valence-corrected chi connectivity index (χ2v) is 0.279. The molecule has 1 N–H and O–H groups in total. The Balaban J connectivity index is 3.31. The molecule has 0 aliphatic rings. The van der Waals surface area contributed by atoms with Crippen molar-refractivity contribution in [3.8, 4) is 0 Å². The summed E-state index contributed by atoms with van der Waals surface area (Å²) >= 11 is 0. The predicted molar refractivity (Wildman–Crippen MR) is 14.3 cm³/mol. The van der Waals surface area contributed by atoms with Crippen LogP contribution in [0.1, 0.15) is 0 Å². The van der Waals surface area contributed by atoms with Gasteiger partial charge in [-0.3, -0.25) is 0 Å². The molecule has 0 radical (unpaired) electrons. The molecule has 0 aliphatic carbocycles. The molecule has 5 heteroatoms. The van der Waals surface area contributed by atoms with Gasteiger partial charge in [0.05, 0.1) is 10.4 Å². The summed E-state index contributed by atoms with van der Waals surface area (Å²) in [4.78, 5) is 2.12. The fourth-order valence-electron chi connectivity index (χ4n) is 0.0200. The Kier molecular flexibility index (Phi) is 2.28. The molecule has 0 unspecified atom stereocenters. The van der Waals surface area contributed by atoms with Crippen LogP contribution >= 0.6 is 0 Å². The molecular weight excluding hydrogens is 70.0 g/mol. The van der Waals surface area contributed by atoms with Crippen LogP contribution in [0.3, 0.4) is 0 Å². The minimum Gasteiger partial charge on any atom is -0.163 e. The SMILES string of the molecule is [N-]=[N+]=NN=N. The highest BCUT2D eigenvalue weighted by Gasteiger charge is 1.44. The molecule has 0 heterocycles. The molecule has 5 nitrogen and oxygen atoms in total. The third-order valence-electron chi connectivity index (χ3n) is 0.0847. The largest absolute Gasteiger partial charge is 0.163 e. The summed E-state index contributed by atoms with van der Waals surface area (Å²) in [5, 5.41) is 4.76. The molecule has 0 spiro atoms. The van der Waals surface area contributed by atoms with Crippen LogP contribution < -0.4 is 0 Å². The molecule has 0 aromatic carbocycles. The number of azide groups is 1. The van der Waals surface area contributed by atoms with Crippen LogP contribution in [0.4, 0.5) is 0 Å². The molecule has 0 fully saturated rings. The van der Waals surface area contributed by atoms with Crippen LogP contribution in [0, 0.1) is 5.53 Å². The number of nitrogens with zero attached hydrogens (tertiary/aromatic N) is 4. The van der Waals surface area contributed by atoms with Crippen molar-refractivity contribution in [2.45, 2.75) is 0 Å². The first-order valence-corrected chi connectivity index (χ1v) is 0.824. The fraction of sp³-hybridized carbons (Fsp3) is 0. The first-order chi connectivity index (χ1) is 2.41. The molecular formula is HN5. The van der Waals surface area contributed by atoms with Crippen molar-refractivity contribution in [3.05, 3.63) is 10.4 Å². The Morgan fingerprint density at radius 3 is 2.40 bits per heavy atom. The van der Waals surface area contributed by atoms with E-state index in [1.54, 1.807) is 0 Å². The van der Waals surface area contributed by atoms with Crippen LogP contribution in [-0.4, -0.2) is 0 Å². The number of nitrogens with one attached hydrogen (secondary N) is 1. The smallest absolute Gasteiger partial charge is 0.0933 e. The van der Waals surface area contributed by atoms with Crippen LogP contribution in [0.5, 0.6) is 0 Å². The molecule has 5 heavy (non-hydrogen) atoms. The zero-order valence-electron chi connectivity index (χ0n) is 2.29. The van der Waals surface area contributed by atoms with Gasteiger partial charge in [-0.15, -0.1) is 5.53 Å². The number of hydrogen-bond donors (Lipinski definition) is 1. The summed E-state index contributed by atoms with van der Waals surface area (Å²) in [6.45, 7) is 0. The molecule has 0 atom stereocenters. The molecule has 0 aromatic rings. The lowest BCUT2D eigenvalue weighted by Crippen LogP contribution is -1.22. The van der Waals surface area contributed by atoms with E-state index in [2.05, 4.69) is 15.4 Å². The van der Waals surface area contributed by atoms with Crippen molar-refractivity contribution < 1.29 is 0 Å². The fourth-order valence-corrected chi connectivity index (χ4v) is 0.0200. The zero-order valence-corrected chi connectivity index (χ0v) is 2.29. The first kappa shape index (κ1) is 3.91. The van der Waals surface area contributed by atoms with Gasteiger partial charge in [-0.05, 0) is 0 Å². The van der Waals surface area contributed by atoms with Gasteiger partial charge in [0, 0.05) is 0 Å². The summed E-state index contributed by atoms with van der Waals surface area (Å²) in [5.41, 5.74) is 13.1. The standard InChI is InChI=1S/HN5/c1-3-5-4-2/h1H. The minimum atomic E-state index is 2.12. The maximum absolute atomic E-state index is 7.31. The van der Waals surface area contributed by atoms with E-state index in [0.29, 0.717) is 0 Å². The van der Waals surface area contributed by atoms with E-state index < -0.39 is 0 Å². The van der Waals surface area contributed by atoms with Crippen LogP contribution in [-0.2, 0) is 0 Å². The Morgan fingerprint density at radius 1 is 1.80 bits per heavy atom. The second-order valence-electron chi connectivity index (χ2n) is 0.279. The highest BCUT2D eigenvalue weighted by Crippen LogP contribution is 1.62. The molecule has 0 saturated heterocycles. The Bertz CT molecular complexity index is 64.1. The van der Waals surface area contributed by atoms with Gasteiger partial charge < -0.3 is 0 Å². The van der Waals surface area contributed by atoms with Crippen LogP contribution in [0.25, 0.3) is 10.4 Å². The lowest BCUT2D eigenvalue weighted by atomic mass is 12.6. The van der Waals surface area contributed by atoms with Gasteiger partial charge in [0.15, 0.2) is 0 Å². The van der Waals surface area contributed by atoms with Gasteiger partial charge in [0.2, 0.25) is 0 Å². The van der Waals surface area contributed by atoms with Crippen molar-refractivity contribution in [1.82, 2.24) is 0 Å². The van der Waals surface area contributed by atoms with E-state index >= 15 is 0 Å². The summed E-state index contributed by atoms with van der Waals surface area (Å²) in [5.74, 6) is 0. The van der Waals surface area contributed by atoms with Gasteiger partial charge in [-0.1, -0.05) is 5.53 Å². The molecule has 26 valence electrons. The highest BCUT2D eigenvalue weighted by molar-refractivity contribution is 4.29. The summed E-state index contributed by atoms with van der Waals surface area (Å²) < 4.78 is 0. The quantitative estimate of drug-likeness (QED) is 0.209. The Morgan fingerprint density at radius 2 is 2.40 bits per heavy atom. The van der Waals surface area contributed by atoms with Crippen LogP contribution in [0.15, 0.2) is 10.4 Å². The highest BCUT2D eigenvalue weighted by atomic mass is 15.4. The summed E-state index contributed by atoms with van der Waals surface area (Å²) in [6, 6.07) is 0. The molecule has 0 rings (SSSR count). The van der Waals surface area contributed by atoms with E-state index in [9.17, 15) is 0 Å². The maximum atomic E-state index is 7.31. The molecule has 0 aliphatic heterocycles. The lowest BCUT2D eigenvalue weighted by molar-refractivity contribution is 0.974. The van der Waals surface area contributed by atoms with Crippen LogP contribution in [0.2, 0.25) is 0 Å². The summed E-state index contributed by atoms with van der Waals surface area (Å²) in [7, 11) is 0. The Hall–Kier alpha value is -1.09. The lowest BCUT2D eigenvalue weighted by Gasteiger charge is -1.41. The zero-order chi connectivity index (χ0) is 4.12. The van der Waals surface area contributed by atoms with Crippen molar-refractivity contribution in [3.63, 3.8) is 0 Å². The molecule has 0 amide bonds. The monoisotopic (exact) mass is 71.0 g/mol. The molecule has 0 aromatic heterocycles. The van der Waals surface area contributed by atoms with E-state index in [1.165, 1.54) is 0 Å². The van der Waals surface area contributed by atoms with Gasteiger partial charge in [0.25, 0.3) is 0 Å². The van der Waals surface area contributed by atoms with E-state index in [4.69, 9.17) is 11.1 Å². The third kappa shape index (κ3) is 2.91. The van der Waals surface area contributed by atoms with E-state index in [0.717, 1.165) is 0 Å². The number of rotatable bonds is 1. The first-order valence-electron chi connectivity index (χ1n) is 0.824. The molecule has 0 bridgehead atoms.